The molecule has 0 aromatic heterocycles. The number of nitrogens with one attached hydrogen (secondary N) is 1. The standard InChI is InChI=1S/C15H23NO2/c1-11(2)12(3)10-18-15(17)16-13(4)14-8-6-5-7-9-14/h5-9,11-13H,10H2,1-4H3,(H,16,17). The molecule has 3 nitrogen and oxygen atoms in total. The molecule has 0 aliphatic carbocycles. The highest BCUT2D eigenvalue weighted by atomic mass is 16.5. The summed E-state index contributed by atoms with van der Waals surface area (Å²) in [5.74, 6) is 0.895. The lowest BCUT2D eigenvalue weighted by Crippen LogP contribution is -2.29. The lowest BCUT2D eigenvalue weighted by Gasteiger charge is -2.18. The summed E-state index contributed by atoms with van der Waals surface area (Å²) in [6, 6.07) is 9.81. The largest absolute Gasteiger partial charge is 0.449 e. The molecule has 3 heteroatoms. The van der Waals surface area contributed by atoms with Gasteiger partial charge in [0, 0.05) is 0 Å². The molecule has 0 saturated heterocycles. The zero-order valence-corrected chi connectivity index (χ0v) is 11.6. The van der Waals surface area contributed by atoms with Crippen molar-refractivity contribution in [3.05, 3.63) is 35.9 Å². The van der Waals surface area contributed by atoms with Gasteiger partial charge in [-0.05, 0) is 24.3 Å². The lowest BCUT2D eigenvalue weighted by molar-refractivity contribution is 0.117. The van der Waals surface area contributed by atoms with Crippen molar-refractivity contribution in [2.45, 2.75) is 33.7 Å². The molecular weight excluding hydrogens is 226 g/mol. The summed E-state index contributed by atoms with van der Waals surface area (Å²) in [5, 5.41) is 2.83. The predicted molar refractivity (Wildman–Crippen MR) is 73.3 cm³/mol. The molecule has 0 radical (unpaired) electrons. The maximum Gasteiger partial charge on any atom is 0.407 e. The van der Waals surface area contributed by atoms with E-state index in [0.29, 0.717) is 18.4 Å². The van der Waals surface area contributed by atoms with Gasteiger partial charge in [-0.15, -0.1) is 0 Å². The molecule has 0 aliphatic rings. The molecule has 0 fully saturated rings. The second-order valence-electron chi connectivity index (χ2n) is 5.10. The van der Waals surface area contributed by atoms with E-state index in [1.807, 2.05) is 37.3 Å². The highest BCUT2D eigenvalue weighted by Crippen LogP contribution is 2.12. The van der Waals surface area contributed by atoms with Crippen LogP contribution in [0.5, 0.6) is 0 Å². The Morgan fingerprint density at radius 1 is 1.17 bits per heavy atom. The molecule has 0 spiro atoms. The lowest BCUT2D eigenvalue weighted by atomic mass is 9.99. The number of alkyl carbamates (subject to hydrolysis) is 1. The van der Waals surface area contributed by atoms with Crippen molar-refractivity contribution in [2.75, 3.05) is 6.61 Å². The number of hydrogen-bond acceptors (Lipinski definition) is 2. The van der Waals surface area contributed by atoms with Crippen LogP contribution in [0.2, 0.25) is 0 Å². The minimum Gasteiger partial charge on any atom is -0.449 e. The Morgan fingerprint density at radius 2 is 1.78 bits per heavy atom. The Balaban J connectivity index is 2.37. The number of ether oxygens (including phenoxy) is 1. The third kappa shape index (κ3) is 4.78. The van der Waals surface area contributed by atoms with Gasteiger partial charge in [-0.25, -0.2) is 4.79 Å². The molecule has 1 aromatic carbocycles. The second kappa shape index (κ2) is 7.04. The van der Waals surface area contributed by atoms with E-state index in [1.165, 1.54) is 0 Å². The van der Waals surface area contributed by atoms with Crippen LogP contribution in [-0.4, -0.2) is 12.7 Å². The molecule has 0 heterocycles. The minimum atomic E-state index is -0.348. The first-order valence-corrected chi connectivity index (χ1v) is 6.49. The van der Waals surface area contributed by atoms with Crippen LogP contribution in [0.15, 0.2) is 30.3 Å². The van der Waals surface area contributed by atoms with Gasteiger partial charge < -0.3 is 10.1 Å². The molecule has 0 saturated carbocycles. The van der Waals surface area contributed by atoms with E-state index in [0.717, 1.165) is 5.56 Å². The van der Waals surface area contributed by atoms with E-state index < -0.39 is 0 Å². The normalized spacial score (nSPS) is 14.1. The fraction of sp³-hybridized carbons (Fsp3) is 0.533. The van der Waals surface area contributed by atoms with Crippen molar-refractivity contribution >= 4 is 6.09 Å². The van der Waals surface area contributed by atoms with Gasteiger partial charge in [-0.1, -0.05) is 51.1 Å². The van der Waals surface area contributed by atoms with E-state index in [1.54, 1.807) is 0 Å². The van der Waals surface area contributed by atoms with Crippen LogP contribution >= 0.6 is 0 Å². The van der Waals surface area contributed by atoms with Gasteiger partial charge >= 0.3 is 6.09 Å². The Bertz CT molecular complexity index is 362. The smallest absolute Gasteiger partial charge is 0.407 e. The van der Waals surface area contributed by atoms with Crippen molar-refractivity contribution < 1.29 is 9.53 Å². The molecule has 2 unspecified atom stereocenters. The molecule has 1 amide bonds. The number of carbonyl (C=O) groups excluding carboxylic acids is 1. The zero-order valence-electron chi connectivity index (χ0n) is 11.6. The Hall–Kier alpha value is -1.51. The maximum absolute atomic E-state index is 11.6. The summed E-state index contributed by atoms with van der Waals surface area (Å²) in [6.07, 6.45) is -0.348. The number of amides is 1. The van der Waals surface area contributed by atoms with E-state index in [9.17, 15) is 4.79 Å². The molecule has 1 N–H and O–H groups in total. The van der Waals surface area contributed by atoms with Crippen LogP contribution in [-0.2, 0) is 4.74 Å². The maximum atomic E-state index is 11.6. The molecule has 0 aliphatic heterocycles. The van der Waals surface area contributed by atoms with E-state index in [-0.39, 0.29) is 12.1 Å². The van der Waals surface area contributed by atoms with Gasteiger partial charge in [0.2, 0.25) is 0 Å². The molecule has 100 valence electrons. The molecule has 2 atom stereocenters. The summed E-state index contributed by atoms with van der Waals surface area (Å²) in [6.45, 7) is 8.74. The minimum absolute atomic E-state index is 0.0342. The summed E-state index contributed by atoms with van der Waals surface area (Å²) in [4.78, 5) is 11.6. The van der Waals surface area contributed by atoms with Gasteiger partial charge in [-0.3, -0.25) is 0 Å². The Labute approximate surface area is 110 Å². The summed E-state index contributed by atoms with van der Waals surface area (Å²) < 4.78 is 5.21. The molecule has 0 bridgehead atoms. The predicted octanol–water partition coefficient (Wildman–Crippen LogP) is 3.77. The average Bonchev–Trinajstić information content (AvgIpc) is 2.36. The van der Waals surface area contributed by atoms with Crippen LogP contribution in [0.3, 0.4) is 0 Å². The average molecular weight is 249 g/mol. The quantitative estimate of drug-likeness (QED) is 0.862. The van der Waals surface area contributed by atoms with Crippen molar-refractivity contribution in [1.29, 1.82) is 0 Å². The zero-order chi connectivity index (χ0) is 13.5. The molecular formula is C15H23NO2. The Morgan fingerprint density at radius 3 is 2.33 bits per heavy atom. The third-order valence-electron chi connectivity index (χ3n) is 3.25. The van der Waals surface area contributed by atoms with Crippen LogP contribution in [0.4, 0.5) is 4.79 Å². The van der Waals surface area contributed by atoms with E-state index in [4.69, 9.17) is 4.74 Å². The highest BCUT2D eigenvalue weighted by molar-refractivity contribution is 5.67. The Kier molecular flexibility index (Phi) is 5.69. The summed E-state index contributed by atoms with van der Waals surface area (Å²) in [7, 11) is 0. The van der Waals surface area contributed by atoms with Gasteiger partial charge in [0.1, 0.15) is 0 Å². The summed E-state index contributed by atoms with van der Waals surface area (Å²) in [5.41, 5.74) is 1.08. The first kappa shape index (κ1) is 14.6. The van der Waals surface area contributed by atoms with Gasteiger partial charge in [-0.2, -0.15) is 0 Å². The highest BCUT2D eigenvalue weighted by Gasteiger charge is 2.13. The van der Waals surface area contributed by atoms with Crippen molar-refractivity contribution in [1.82, 2.24) is 5.32 Å². The first-order valence-electron chi connectivity index (χ1n) is 6.49. The van der Waals surface area contributed by atoms with Gasteiger partial charge in [0.15, 0.2) is 0 Å². The van der Waals surface area contributed by atoms with Crippen LogP contribution in [0, 0.1) is 11.8 Å². The van der Waals surface area contributed by atoms with Crippen LogP contribution in [0.1, 0.15) is 39.3 Å². The van der Waals surface area contributed by atoms with Crippen molar-refractivity contribution in [2.24, 2.45) is 11.8 Å². The number of rotatable bonds is 5. The van der Waals surface area contributed by atoms with Crippen LogP contribution in [0.25, 0.3) is 0 Å². The number of benzene rings is 1. The van der Waals surface area contributed by atoms with E-state index >= 15 is 0 Å². The number of carbonyl (C=O) groups is 1. The first-order chi connectivity index (χ1) is 8.50. The fourth-order valence-corrected chi connectivity index (χ4v) is 1.44. The molecule has 1 rings (SSSR count). The van der Waals surface area contributed by atoms with Crippen LogP contribution < -0.4 is 5.32 Å². The topological polar surface area (TPSA) is 38.3 Å². The van der Waals surface area contributed by atoms with Crippen molar-refractivity contribution in [3.63, 3.8) is 0 Å². The molecule has 18 heavy (non-hydrogen) atoms. The second-order valence-corrected chi connectivity index (χ2v) is 5.10. The van der Waals surface area contributed by atoms with Gasteiger partial charge in [0.05, 0.1) is 12.6 Å². The fourth-order valence-electron chi connectivity index (χ4n) is 1.44. The SMILES string of the molecule is CC(NC(=O)OCC(C)C(C)C)c1ccccc1. The van der Waals surface area contributed by atoms with E-state index in [2.05, 4.69) is 26.1 Å². The molecule has 1 aromatic rings. The summed E-state index contributed by atoms with van der Waals surface area (Å²) >= 11 is 0. The number of hydrogen-bond donors (Lipinski definition) is 1. The third-order valence-corrected chi connectivity index (χ3v) is 3.25. The van der Waals surface area contributed by atoms with Gasteiger partial charge in [0.25, 0.3) is 0 Å². The monoisotopic (exact) mass is 249 g/mol. The van der Waals surface area contributed by atoms with Crippen molar-refractivity contribution in [3.8, 4) is 0 Å².